The molecule has 0 spiro atoms. The van der Waals surface area contributed by atoms with Gasteiger partial charge in [-0.2, -0.15) is 0 Å². The summed E-state index contributed by atoms with van der Waals surface area (Å²) in [6.07, 6.45) is 10.7. The number of carbonyl (C=O) groups excluding carboxylic acids is 1. The Morgan fingerprint density at radius 2 is 1.87 bits per heavy atom. The molecule has 6 nitrogen and oxygen atoms in total. The molecule has 2 fully saturated rings. The Kier molecular flexibility index (Phi) is 9.46. The molecule has 0 radical (unpaired) electrons. The summed E-state index contributed by atoms with van der Waals surface area (Å²) >= 11 is 0. The summed E-state index contributed by atoms with van der Waals surface area (Å²) in [5.41, 5.74) is 1.13. The van der Waals surface area contributed by atoms with Crippen LogP contribution < -0.4 is 0 Å². The van der Waals surface area contributed by atoms with Crippen LogP contribution >= 0.6 is 0 Å². The van der Waals surface area contributed by atoms with Gasteiger partial charge >= 0.3 is 5.97 Å². The van der Waals surface area contributed by atoms with Crippen molar-refractivity contribution in [3.05, 3.63) is 54.1 Å². The third kappa shape index (κ3) is 7.42. The van der Waals surface area contributed by atoms with E-state index in [1.165, 1.54) is 0 Å². The Morgan fingerprint density at radius 1 is 1.13 bits per heavy atom. The van der Waals surface area contributed by atoms with Gasteiger partial charge in [0.1, 0.15) is 0 Å². The van der Waals surface area contributed by atoms with Crippen LogP contribution in [0.3, 0.4) is 0 Å². The monoisotopic (exact) mass is 427 g/mol. The topological polar surface area (TPSA) is 76.1 Å². The van der Waals surface area contributed by atoms with E-state index in [1.807, 2.05) is 54.6 Å². The van der Waals surface area contributed by atoms with Crippen LogP contribution in [-0.2, 0) is 19.1 Å². The van der Waals surface area contributed by atoms with Crippen LogP contribution in [0.2, 0.25) is 0 Å². The number of ether oxygens (including phenoxy) is 2. The number of benzene rings is 1. The number of carbonyl (C=O) groups is 2. The summed E-state index contributed by atoms with van der Waals surface area (Å²) in [7, 11) is 0. The minimum Gasteiger partial charge on any atom is -0.481 e. The highest BCUT2D eigenvalue weighted by molar-refractivity contribution is 5.87. The van der Waals surface area contributed by atoms with Gasteiger partial charge in [0.25, 0.3) is 0 Å². The molecular formula is C25H33NO5. The maximum absolute atomic E-state index is 12.9. The lowest BCUT2D eigenvalue weighted by Gasteiger charge is -2.35. The molecule has 168 valence electrons. The van der Waals surface area contributed by atoms with Crippen molar-refractivity contribution < 1.29 is 24.2 Å². The average Bonchev–Trinajstić information content (AvgIpc) is 3.09. The van der Waals surface area contributed by atoms with Crippen molar-refractivity contribution in [2.24, 2.45) is 5.92 Å². The van der Waals surface area contributed by atoms with Crippen LogP contribution in [-0.4, -0.2) is 66.8 Å². The predicted molar refractivity (Wildman–Crippen MR) is 120 cm³/mol. The fraction of sp³-hybridized carbons (Fsp3) is 0.520. The zero-order chi connectivity index (χ0) is 21.9. The quantitative estimate of drug-likeness (QED) is 0.544. The van der Waals surface area contributed by atoms with Crippen molar-refractivity contribution in [3.63, 3.8) is 0 Å². The molecule has 1 heterocycles. The van der Waals surface area contributed by atoms with Gasteiger partial charge in [-0.25, -0.2) is 0 Å². The normalized spacial score (nSPS) is 25.0. The molecule has 31 heavy (non-hydrogen) atoms. The molecule has 0 aromatic heterocycles. The standard InChI is InChI=1S/C25H33NO5/c27-22-19-23(31-16-8-11-20-9-4-3-5-10-20)21(12-6-1-2-7-13-24(28)29)25(22)26-14-17-30-18-15-26/h1-5,8-11,21,23,25H,6-7,12-19H2,(H,28,29)/t21-,23-,25+/m0/s1. The molecule has 2 aliphatic rings. The second-order valence-corrected chi connectivity index (χ2v) is 8.09. The van der Waals surface area contributed by atoms with E-state index < -0.39 is 5.97 Å². The van der Waals surface area contributed by atoms with E-state index >= 15 is 0 Å². The van der Waals surface area contributed by atoms with E-state index in [9.17, 15) is 9.59 Å². The third-order valence-corrected chi connectivity index (χ3v) is 5.93. The number of morpholine rings is 1. The summed E-state index contributed by atoms with van der Waals surface area (Å²) in [5.74, 6) is -0.380. The minimum absolute atomic E-state index is 0.0896. The molecule has 1 N–H and O–H groups in total. The molecule has 1 aromatic carbocycles. The van der Waals surface area contributed by atoms with Gasteiger partial charge in [0.2, 0.25) is 0 Å². The van der Waals surface area contributed by atoms with Gasteiger partial charge < -0.3 is 14.6 Å². The summed E-state index contributed by atoms with van der Waals surface area (Å²) in [4.78, 5) is 25.8. The van der Waals surface area contributed by atoms with Crippen molar-refractivity contribution in [2.45, 2.75) is 44.2 Å². The number of ketones is 1. The largest absolute Gasteiger partial charge is 0.481 e. The fourth-order valence-corrected chi connectivity index (χ4v) is 4.43. The molecule has 1 aromatic rings. The molecule has 3 rings (SSSR count). The third-order valence-electron chi connectivity index (χ3n) is 5.93. The summed E-state index contributed by atoms with van der Waals surface area (Å²) < 4.78 is 11.6. The zero-order valence-corrected chi connectivity index (χ0v) is 18.0. The summed E-state index contributed by atoms with van der Waals surface area (Å²) in [6, 6.07) is 9.98. The lowest BCUT2D eigenvalue weighted by atomic mass is 9.93. The molecule has 6 heteroatoms. The highest BCUT2D eigenvalue weighted by atomic mass is 16.5. The predicted octanol–water partition coefficient (Wildman–Crippen LogP) is 3.58. The number of nitrogens with zero attached hydrogens (tertiary/aromatic N) is 1. The van der Waals surface area contributed by atoms with Crippen LogP contribution in [0.25, 0.3) is 6.08 Å². The van der Waals surface area contributed by atoms with Crippen molar-refractivity contribution >= 4 is 17.8 Å². The Labute approximate surface area is 184 Å². The number of carboxylic acids is 1. The first kappa shape index (κ1) is 23.4. The van der Waals surface area contributed by atoms with Gasteiger partial charge in [0, 0.05) is 31.8 Å². The van der Waals surface area contributed by atoms with Gasteiger partial charge in [-0.15, -0.1) is 0 Å². The molecular weight excluding hydrogens is 394 g/mol. The molecule has 1 aliphatic heterocycles. The Hall–Kier alpha value is -2.28. The first-order chi connectivity index (χ1) is 15.1. The van der Waals surface area contributed by atoms with Gasteiger partial charge in [0.15, 0.2) is 5.78 Å². The minimum atomic E-state index is -0.782. The highest BCUT2D eigenvalue weighted by Crippen LogP contribution is 2.34. The van der Waals surface area contributed by atoms with Crippen molar-refractivity contribution in [2.75, 3.05) is 32.9 Å². The van der Waals surface area contributed by atoms with E-state index in [0.29, 0.717) is 32.7 Å². The number of carboxylic acid groups (broad SMARTS) is 1. The molecule has 3 atom stereocenters. The van der Waals surface area contributed by atoms with Crippen LogP contribution in [0.5, 0.6) is 0 Å². The van der Waals surface area contributed by atoms with E-state index in [1.54, 1.807) is 0 Å². The molecule has 0 unspecified atom stereocenters. The van der Waals surface area contributed by atoms with E-state index in [2.05, 4.69) is 4.90 Å². The SMILES string of the molecule is O=C(O)CCC=CCC[C@H]1[C@@H](OCC=Cc2ccccc2)CC(=O)[C@@H]1N1CCOCC1. The Morgan fingerprint density at radius 3 is 2.61 bits per heavy atom. The molecule has 1 aliphatic carbocycles. The molecule has 1 saturated heterocycles. The van der Waals surface area contributed by atoms with E-state index in [4.69, 9.17) is 14.6 Å². The number of hydrogen-bond acceptors (Lipinski definition) is 5. The number of hydrogen-bond donors (Lipinski definition) is 1. The number of Topliss-reactive ketones (excluding diaryl/α,β-unsaturated/α-hetero) is 1. The van der Waals surface area contributed by atoms with Crippen LogP contribution in [0.4, 0.5) is 0 Å². The fourth-order valence-electron chi connectivity index (χ4n) is 4.43. The molecule has 0 amide bonds. The zero-order valence-electron chi connectivity index (χ0n) is 18.0. The van der Waals surface area contributed by atoms with Crippen molar-refractivity contribution in [1.82, 2.24) is 4.90 Å². The lowest BCUT2D eigenvalue weighted by Crippen LogP contribution is -2.49. The second-order valence-electron chi connectivity index (χ2n) is 8.09. The van der Waals surface area contributed by atoms with E-state index in [0.717, 1.165) is 31.5 Å². The van der Waals surface area contributed by atoms with Crippen LogP contribution in [0.15, 0.2) is 48.6 Å². The van der Waals surface area contributed by atoms with Crippen molar-refractivity contribution in [1.29, 1.82) is 0 Å². The van der Waals surface area contributed by atoms with Gasteiger partial charge in [-0.05, 0) is 24.8 Å². The van der Waals surface area contributed by atoms with Crippen LogP contribution in [0, 0.1) is 5.92 Å². The average molecular weight is 428 g/mol. The number of rotatable bonds is 11. The second kappa shape index (κ2) is 12.5. The Bertz CT molecular complexity index is 754. The molecule has 0 bridgehead atoms. The summed E-state index contributed by atoms with van der Waals surface area (Å²) in [6.45, 7) is 3.37. The highest BCUT2D eigenvalue weighted by Gasteiger charge is 2.45. The van der Waals surface area contributed by atoms with Crippen LogP contribution in [0.1, 0.15) is 37.7 Å². The van der Waals surface area contributed by atoms with E-state index in [-0.39, 0.29) is 30.3 Å². The first-order valence-electron chi connectivity index (χ1n) is 11.2. The Balaban J connectivity index is 1.57. The maximum atomic E-state index is 12.9. The van der Waals surface area contributed by atoms with Gasteiger partial charge in [0.05, 0.1) is 32.0 Å². The molecule has 1 saturated carbocycles. The number of allylic oxidation sites excluding steroid dienone is 2. The first-order valence-corrected chi connectivity index (χ1v) is 11.2. The number of aliphatic carboxylic acids is 1. The van der Waals surface area contributed by atoms with Gasteiger partial charge in [-0.3, -0.25) is 14.5 Å². The van der Waals surface area contributed by atoms with Gasteiger partial charge in [-0.1, -0.05) is 54.6 Å². The summed E-state index contributed by atoms with van der Waals surface area (Å²) in [5, 5.41) is 8.75. The lowest BCUT2D eigenvalue weighted by molar-refractivity contribution is -0.136. The smallest absolute Gasteiger partial charge is 0.303 e. The van der Waals surface area contributed by atoms with Crippen molar-refractivity contribution in [3.8, 4) is 0 Å². The maximum Gasteiger partial charge on any atom is 0.303 e.